The first-order valence-corrected chi connectivity index (χ1v) is 1.08. The minimum absolute atomic E-state index is 0. The van der Waals surface area contributed by atoms with E-state index in [9.17, 15) is 0 Å². The molecule has 0 unspecified atom stereocenters. The fourth-order valence-corrected chi connectivity index (χ4v) is 0. The molecule has 0 amide bonds. The largest absolute Gasteiger partial charge is 0.377 e. The zero-order chi connectivity index (χ0) is 2.12. The molecule has 1 aliphatic heterocycles. The summed E-state index contributed by atoms with van der Waals surface area (Å²) in [5.74, 6) is 0. The molecule has 0 bridgehead atoms. The van der Waals surface area contributed by atoms with Crippen LogP contribution in [0.25, 0.3) is 0 Å². The van der Waals surface area contributed by atoms with Gasteiger partial charge >= 0.3 is 0 Å². The molecule has 0 aliphatic carbocycles. The van der Waals surface area contributed by atoms with Crippen LogP contribution in [0, 0.1) is 0 Å². The van der Waals surface area contributed by atoms with Crippen molar-refractivity contribution in [3.05, 3.63) is 0 Å². The summed E-state index contributed by atoms with van der Waals surface area (Å²) in [6, 6.07) is 0. The van der Waals surface area contributed by atoms with E-state index >= 15 is 0 Å². The second kappa shape index (κ2) is 1.92. The van der Waals surface area contributed by atoms with E-state index in [1.165, 1.54) is 0 Å². The Kier molecular flexibility index (Phi) is 2.23. The number of epoxide rings is 1. The van der Waals surface area contributed by atoms with Crippen molar-refractivity contribution in [3.63, 3.8) is 0 Å². The van der Waals surface area contributed by atoms with Crippen molar-refractivity contribution in [2.75, 3.05) is 13.2 Å². The Labute approximate surface area is 39.6 Å². The maximum Gasteiger partial charge on any atom is 0.0701 e. The van der Waals surface area contributed by atoms with Crippen molar-refractivity contribution in [1.82, 2.24) is 0 Å². The Morgan fingerprint density at radius 3 is 1.50 bits per heavy atom. The molecule has 4 heavy (non-hydrogen) atoms. The molecule has 0 radical (unpaired) electrons. The van der Waals surface area contributed by atoms with Gasteiger partial charge in [0.2, 0.25) is 0 Å². The molecule has 0 N–H and O–H groups in total. The molecule has 0 aromatic rings. The van der Waals surface area contributed by atoms with E-state index in [0.29, 0.717) is 0 Å². The molecule has 0 saturated carbocycles. The summed E-state index contributed by atoms with van der Waals surface area (Å²) in [5, 5.41) is 0. The number of ether oxygens (including phenoxy) is 1. The van der Waals surface area contributed by atoms with E-state index in [4.69, 9.17) is 0 Å². The predicted octanol–water partition coefficient (Wildman–Crippen LogP) is 0.0141. The molecular weight excluding hydrogens is 136 g/mol. The Morgan fingerprint density at radius 2 is 1.50 bits per heavy atom. The van der Waals surface area contributed by atoms with Crippen molar-refractivity contribution < 1.29 is 25.8 Å². The molecule has 0 aromatic heterocycles. The summed E-state index contributed by atoms with van der Waals surface area (Å²) in [6.45, 7) is 2.00. The van der Waals surface area contributed by atoms with Gasteiger partial charge < -0.3 is 4.74 Å². The quantitative estimate of drug-likeness (QED) is 0.341. The molecule has 1 rings (SSSR count). The van der Waals surface area contributed by atoms with Gasteiger partial charge in [0.15, 0.2) is 0 Å². The Balaban J connectivity index is 0.0000000900. The molecule has 0 aromatic carbocycles. The van der Waals surface area contributed by atoms with Crippen LogP contribution in [-0.2, 0) is 25.8 Å². The molecule has 1 nitrogen and oxygen atoms in total. The van der Waals surface area contributed by atoms with Crippen LogP contribution in [0.4, 0.5) is 0 Å². The van der Waals surface area contributed by atoms with E-state index in [-0.39, 0.29) is 21.1 Å². The van der Waals surface area contributed by atoms with Crippen molar-refractivity contribution in [1.29, 1.82) is 0 Å². The van der Waals surface area contributed by atoms with E-state index in [1.54, 1.807) is 0 Å². The predicted molar refractivity (Wildman–Crippen MR) is 10.8 cm³/mol. The van der Waals surface area contributed by atoms with E-state index in [1.807, 2.05) is 0 Å². The maximum atomic E-state index is 4.50. The van der Waals surface area contributed by atoms with E-state index in [2.05, 4.69) is 4.74 Å². The summed E-state index contributed by atoms with van der Waals surface area (Å²) < 4.78 is 4.50. The van der Waals surface area contributed by atoms with Gasteiger partial charge in [-0.2, -0.15) is 0 Å². The van der Waals surface area contributed by atoms with Gasteiger partial charge in [-0.05, 0) is 0 Å². The summed E-state index contributed by atoms with van der Waals surface area (Å²) >= 11 is 0. The molecule has 24 valence electrons. The third-order valence-electron chi connectivity index (χ3n) is 0.204. The topological polar surface area (TPSA) is 12.5 Å². The van der Waals surface area contributed by atoms with Crippen LogP contribution in [0.15, 0.2) is 0 Å². The Bertz CT molecular complexity index is 10.8. The zero-order valence-electron chi connectivity index (χ0n) is 2.23. The molecule has 1 fully saturated rings. The van der Waals surface area contributed by atoms with Gasteiger partial charge in [0.1, 0.15) is 0 Å². The van der Waals surface area contributed by atoms with Gasteiger partial charge in [-0.3, -0.25) is 0 Å². The van der Waals surface area contributed by atoms with Gasteiger partial charge in [-0.25, -0.2) is 0 Å². The number of hydrogen-bond donors (Lipinski definition) is 0. The van der Waals surface area contributed by atoms with Crippen LogP contribution in [0.5, 0.6) is 0 Å². The van der Waals surface area contributed by atoms with Gasteiger partial charge in [0.05, 0.1) is 13.2 Å². The van der Waals surface area contributed by atoms with E-state index in [0.717, 1.165) is 13.2 Å². The fourth-order valence-electron chi connectivity index (χ4n) is 0. The first-order valence-electron chi connectivity index (χ1n) is 1.08. The average molecular weight is 140 g/mol. The normalized spacial score (nSPS) is 18.0. The van der Waals surface area contributed by atoms with Crippen molar-refractivity contribution in [3.8, 4) is 0 Å². The van der Waals surface area contributed by atoms with Gasteiger partial charge in [0.25, 0.3) is 0 Å². The average Bonchev–Trinajstić information content (AvgIpc) is 1.46. The van der Waals surface area contributed by atoms with Gasteiger partial charge in [-0.15, -0.1) is 0 Å². The van der Waals surface area contributed by atoms with Crippen molar-refractivity contribution >= 4 is 0 Å². The van der Waals surface area contributed by atoms with Crippen LogP contribution in [0.3, 0.4) is 0 Å². The van der Waals surface area contributed by atoms with Crippen LogP contribution in [0.1, 0.15) is 0 Å². The molecular formula is C2H4MoO. The van der Waals surface area contributed by atoms with Gasteiger partial charge in [0, 0.05) is 21.1 Å². The summed E-state index contributed by atoms with van der Waals surface area (Å²) in [5.41, 5.74) is 0. The van der Waals surface area contributed by atoms with Crippen LogP contribution >= 0.6 is 0 Å². The van der Waals surface area contributed by atoms with Crippen LogP contribution in [-0.4, -0.2) is 13.2 Å². The summed E-state index contributed by atoms with van der Waals surface area (Å²) in [7, 11) is 0. The number of rotatable bonds is 0. The monoisotopic (exact) mass is 142 g/mol. The minimum Gasteiger partial charge on any atom is -0.377 e. The Morgan fingerprint density at radius 1 is 1.25 bits per heavy atom. The molecule has 2 heteroatoms. The summed E-state index contributed by atoms with van der Waals surface area (Å²) in [4.78, 5) is 0. The number of hydrogen-bond acceptors (Lipinski definition) is 1. The Hall–Kier alpha value is 0.648. The van der Waals surface area contributed by atoms with E-state index < -0.39 is 0 Å². The second-order valence-electron chi connectivity index (χ2n) is 0.612. The molecule has 0 atom stereocenters. The minimum atomic E-state index is 0. The summed E-state index contributed by atoms with van der Waals surface area (Å²) in [6.07, 6.45) is 0. The smallest absolute Gasteiger partial charge is 0.0701 e. The standard InChI is InChI=1S/C2H4O.Mo/c1-2-3-1;/h1-2H2;. The van der Waals surface area contributed by atoms with Gasteiger partial charge in [-0.1, -0.05) is 0 Å². The zero-order valence-corrected chi connectivity index (χ0v) is 4.24. The van der Waals surface area contributed by atoms with Crippen LogP contribution in [0.2, 0.25) is 0 Å². The fraction of sp³-hybridized carbons (Fsp3) is 1.00. The van der Waals surface area contributed by atoms with Crippen molar-refractivity contribution in [2.24, 2.45) is 0 Å². The van der Waals surface area contributed by atoms with Crippen LogP contribution < -0.4 is 0 Å². The molecule has 1 saturated heterocycles. The first kappa shape index (κ1) is 4.65. The third kappa shape index (κ3) is 2.65. The third-order valence-corrected chi connectivity index (χ3v) is 0.204. The first-order chi connectivity index (χ1) is 1.50. The van der Waals surface area contributed by atoms with Crippen molar-refractivity contribution in [2.45, 2.75) is 0 Å². The molecule has 0 spiro atoms. The second-order valence-corrected chi connectivity index (χ2v) is 0.612. The SMILES string of the molecule is C1CO1.[Mo]. The molecule has 1 heterocycles. The molecule has 1 aliphatic rings. The maximum absolute atomic E-state index is 4.50.